The Hall–Kier alpha value is -1.07. The standard InChI is InChI=1S/C4H6O5/c1-3(4(5)6)8-9-7-2/h1H2,2H3,(H,5,6). The van der Waals surface area contributed by atoms with Crippen molar-refractivity contribution in [2.75, 3.05) is 7.11 Å². The molecule has 0 heterocycles. The summed E-state index contributed by atoms with van der Waals surface area (Å²) in [6.45, 7) is 2.96. The summed E-state index contributed by atoms with van der Waals surface area (Å²) in [5, 5.41) is 11.8. The SMILES string of the molecule is C=C(OOOC)C(=O)O. The molecule has 1 N–H and O–H groups in total. The van der Waals surface area contributed by atoms with Crippen LogP contribution in [0.2, 0.25) is 0 Å². The van der Waals surface area contributed by atoms with Gasteiger partial charge in [0.2, 0.25) is 5.76 Å². The zero-order valence-electron chi connectivity index (χ0n) is 4.79. The van der Waals surface area contributed by atoms with E-state index in [4.69, 9.17) is 5.11 Å². The van der Waals surface area contributed by atoms with Gasteiger partial charge in [0.05, 0.1) is 7.11 Å². The van der Waals surface area contributed by atoms with E-state index in [9.17, 15) is 4.79 Å². The molecule has 52 valence electrons. The van der Waals surface area contributed by atoms with Crippen LogP contribution in [0, 0.1) is 0 Å². The Balaban J connectivity index is 3.39. The van der Waals surface area contributed by atoms with E-state index in [-0.39, 0.29) is 0 Å². The third-order valence-corrected chi connectivity index (χ3v) is 0.441. The molecule has 5 heteroatoms. The van der Waals surface area contributed by atoms with Crippen molar-refractivity contribution in [1.82, 2.24) is 0 Å². The second-order valence-electron chi connectivity index (χ2n) is 1.05. The molecule has 0 fully saturated rings. The van der Waals surface area contributed by atoms with E-state index in [1.807, 2.05) is 0 Å². The largest absolute Gasteiger partial charge is 0.475 e. The Bertz CT molecular complexity index is 118. The van der Waals surface area contributed by atoms with Crippen molar-refractivity contribution in [3.63, 3.8) is 0 Å². The molecule has 0 aliphatic heterocycles. The molecule has 9 heavy (non-hydrogen) atoms. The second kappa shape index (κ2) is 3.88. The van der Waals surface area contributed by atoms with Crippen LogP contribution in [0.15, 0.2) is 12.3 Å². The van der Waals surface area contributed by atoms with Crippen LogP contribution in [0.5, 0.6) is 0 Å². The van der Waals surface area contributed by atoms with Crippen LogP contribution in [0.25, 0.3) is 0 Å². The highest BCUT2D eigenvalue weighted by Gasteiger charge is 2.04. The van der Waals surface area contributed by atoms with E-state index in [1.165, 1.54) is 7.11 Å². The maximum atomic E-state index is 9.85. The first kappa shape index (κ1) is 7.93. The molecule has 0 atom stereocenters. The van der Waals surface area contributed by atoms with E-state index >= 15 is 0 Å². The fourth-order valence-electron chi connectivity index (χ4n) is 0.111. The van der Waals surface area contributed by atoms with Gasteiger partial charge in [-0.3, -0.25) is 0 Å². The van der Waals surface area contributed by atoms with Gasteiger partial charge in [0, 0.05) is 0 Å². The van der Waals surface area contributed by atoms with Crippen molar-refractivity contribution in [2.45, 2.75) is 0 Å². The van der Waals surface area contributed by atoms with Crippen LogP contribution in [0.1, 0.15) is 0 Å². The quantitative estimate of drug-likeness (QED) is 0.255. The third-order valence-electron chi connectivity index (χ3n) is 0.441. The highest BCUT2D eigenvalue weighted by atomic mass is 17.5. The van der Waals surface area contributed by atoms with Crippen molar-refractivity contribution >= 4 is 5.97 Å². The summed E-state index contributed by atoms with van der Waals surface area (Å²) < 4.78 is 0. The Morgan fingerprint density at radius 1 is 1.67 bits per heavy atom. The van der Waals surface area contributed by atoms with Gasteiger partial charge in [-0.15, -0.1) is 0 Å². The summed E-state index contributed by atoms with van der Waals surface area (Å²) >= 11 is 0. The van der Waals surface area contributed by atoms with Gasteiger partial charge in [-0.25, -0.2) is 4.79 Å². The molecule has 0 spiro atoms. The van der Waals surface area contributed by atoms with Crippen molar-refractivity contribution in [3.05, 3.63) is 12.3 Å². The molecule has 0 aliphatic carbocycles. The Morgan fingerprint density at radius 3 is 2.56 bits per heavy atom. The lowest BCUT2D eigenvalue weighted by Crippen LogP contribution is -2.03. The molecule has 0 rings (SSSR count). The fraction of sp³-hybridized carbons (Fsp3) is 0.250. The number of carboxylic acids is 1. The number of hydrogen-bond donors (Lipinski definition) is 1. The van der Waals surface area contributed by atoms with E-state index < -0.39 is 11.7 Å². The van der Waals surface area contributed by atoms with Crippen LogP contribution in [-0.4, -0.2) is 18.2 Å². The smallest absolute Gasteiger partial charge is 0.374 e. The van der Waals surface area contributed by atoms with Crippen molar-refractivity contribution in [2.24, 2.45) is 0 Å². The molecule has 0 saturated carbocycles. The van der Waals surface area contributed by atoms with E-state index in [1.54, 1.807) is 0 Å². The zero-order chi connectivity index (χ0) is 7.28. The maximum Gasteiger partial charge on any atom is 0.374 e. The molecule has 0 amide bonds. The van der Waals surface area contributed by atoms with Gasteiger partial charge >= 0.3 is 5.97 Å². The minimum absolute atomic E-state index is 0.531. The molecule has 0 aromatic heterocycles. The molecule has 0 unspecified atom stereocenters. The van der Waals surface area contributed by atoms with Crippen LogP contribution >= 0.6 is 0 Å². The van der Waals surface area contributed by atoms with Gasteiger partial charge < -0.3 is 9.99 Å². The Morgan fingerprint density at radius 2 is 2.22 bits per heavy atom. The third kappa shape index (κ3) is 3.51. The van der Waals surface area contributed by atoms with Crippen LogP contribution in [0.3, 0.4) is 0 Å². The van der Waals surface area contributed by atoms with Gasteiger partial charge in [0.25, 0.3) is 0 Å². The summed E-state index contributed by atoms with van der Waals surface area (Å²) in [6.07, 6.45) is 0. The molecule has 0 aromatic rings. The lowest BCUT2D eigenvalue weighted by molar-refractivity contribution is -0.483. The van der Waals surface area contributed by atoms with Crippen molar-refractivity contribution < 1.29 is 24.7 Å². The lowest BCUT2D eigenvalue weighted by Gasteiger charge is -1.97. The Kier molecular flexibility index (Phi) is 3.41. The van der Waals surface area contributed by atoms with Gasteiger partial charge in [-0.05, 0) is 11.6 Å². The molecule has 0 bridgehead atoms. The lowest BCUT2D eigenvalue weighted by atomic mass is 10.6. The van der Waals surface area contributed by atoms with Gasteiger partial charge in [-0.1, -0.05) is 0 Å². The average Bonchev–Trinajstić information content (AvgIpc) is 1.82. The first-order valence-electron chi connectivity index (χ1n) is 1.98. The first-order valence-corrected chi connectivity index (χ1v) is 1.98. The number of rotatable bonds is 4. The van der Waals surface area contributed by atoms with Crippen molar-refractivity contribution in [3.8, 4) is 0 Å². The van der Waals surface area contributed by atoms with Gasteiger partial charge in [0.1, 0.15) is 0 Å². The number of carbonyl (C=O) groups is 1. The second-order valence-corrected chi connectivity index (χ2v) is 1.05. The minimum Gasteiger partial charge on any atom is -0.475 e. The zero-order valence-corrected chi connectivity index (χ0v) is 4.79. The summed E-state index contributed by atoms with van der Waals surface area (Å²) in [5.41, 5.74) is 0. The predicted molar refractivity (Wildman–Crippen MR) is 26.0 cm³/mol. The number of carboxylic acid groups (broad SMARTS) is 1. The topological polar surface area (TPSA) is 65.0 Å². The van der Waals surface area contributed by atoms with Gasteiger partial charge in [0.15, 0.2) is 0 Å². The van der Waals surface area contributed by atoms with E-state index in [0.29, 0.717) is 0 Å². The minimum atomic E-state index is -1.30. The molecular weight excluding hydrogens is 128 g/mol. The average molecular weight is 134 g/mol. The summed E-state index contributed by atoms with van der Waals surface area (Å²) in [6, 6.07) is 0. The molecule has 0 saturated heterocycles. The summed E-state index contributed by atoms with van der Waals surface area (Å²) in [5.74, 6) is -1.83. The summed E-state index contributed by atoms with van der Waals surface area (Å²) in [4.78, 5) is 17.7. The molecule has 0 radical (unpaired) electrons. The fourth-order valence-corrected chi connectivity index (χ4v) is 0.111. The van der Waals surface area contributed by atoms with Crippen LogP contribution in [0.4, 0.5) is 0 Å². The van der Waals surface area contributed by atoms with Crippen LogP contribution < -0.4 is 0 Å². The monoisotopic (exact) mass is 134 g/mol. The van der Waals surface area contributed by atoms with E-state index in [0.717, 1.165) is 0 Å². The van der Waals surface area contributed by atoms with Crippen molar-refractivity contribution in [1.29, 1.82) is 0 Å². The highest BCUT2D eigenvalue weighted by Crippen LogP contribution is 1.92. The predicted octanol–water partition coefficient (Wildman–Crippen LogP) is 0.0943. The molecular formula is C4H6O5. The molecule has 0 aromatic carbocycles. The van der Waals surface area contributed by atoms with E-state index in [2.05, 4.69) is 21.4 Å². The highest BCUT2D eigenvalue weighted by molar-refractivity contribution is 5.83. The number of hydrogen-bond acceptors (Lipinski definition) is 4. The molecule has 0 aliphatic rings. The van der Waals surface area contributed by atoms with Crippen LogP contribution in [-0.2, 0) is 19.6 Å². The molecule has 5 nitrogen and oxygen atoms in total. The van der Waals surface area contributed by atoms with Gasteiger partial charge in [-0.2, -0.15) is 4.89 Å². The Labute approximate surface area is 51.3 Å². The maximum absolute atomic E-state index is 9.85. The first-order chi connectivity index (χ1) is 4.18. The normalized spacial score (nSPS) is 8.56. The summed E-state index contributed by atoms with van der Waals surface area (Å²) in [7, 11) is 1.18. The number of aliphatic carboxylic acids is 1.